The number of hydrogen-bond donors (Lipinski definition) is 0. The molecule has 0 aliphatic rings. The number of rotatable bonds is 6. The summed E-state index contributed by atoms with van der Waals surface area (Å²) in [6.45, 7) is 3.12. The number of carbonyl (C=O) groups is 1. The number of nitrogens with zero attached hydrogens (tertiary/aromatic N) is 1. The molecule has 2 aromatic rings. The van der Waals surface area contributed by atoms with Crippen LogP contribution in [0.4, 0.5) is 0 Å². The number of aldehydes is 1. The minimum Gasteiger partial charge on any atom is -0.494 e. The third kappa shape index (κ3) is 3.82. The van der Waals surface area contributed by atoms with Gasteiger partial charge in [-0.15, -0.1) is 0 Å². The molecule has 4 heteroatoms. The molecule has 0 unspecified atom stereocenters. The second-order valence-corrected chi connectivity index (χ2v) is 4.63. The summed E-state index contributed by atoms with van der Waals surface area (Å²) in [5.41, 5.74) is 1.70. The first kappa shape index (κ1) is 14.1. The van der Waals surface area contributed by atoms with Gasteiger partial charge in [0.15, 0.2) is 0 Å². The molecule has 0 bridgehead atoms. The Balaban J connectivity index is 1.82. The Labute approximate surface area is 117 Å². The van der Waals surface area contributed by atoms with Crippen molar-refractivity contribution in [2.45, 2.75) is 19.9 Å². The molecule has 0 fully saturated rings. The van der Waals surface area contributed by atoms with Gasteiger partial charge in [-0.3, -0.25) is 9.59 Å². The van der Waals surface area contributed by atoms with E-state index in [1.807, 2.05) is 19.2 Å². The van der Waals surface area contributed by atoms with E-state index in [1.54, 1.807) is 34.9 Å². The smallest absolute Gasteiger partial charge is 0.250 e. The first-order valence-corrected chi connectivity index (χ1v) is 6.54. The minimum absolute atomic E-state index is 0.00550. The maximum absolute atomic E-state index is 11.6. The molecule has 0 atom stereocenters. The summed E-state index contributed by atoms with van der Waals surface area (Å²) in [4.78, 5) is 22.1. The second-order valence-electron chi connectivity index (χ2n) is 4.63. The largest absolute Gasteiger partial charge is 0.494 e. The van der Waals surface area contributed by atoms with Crippen LogP contribution in [0.25, 0.3) is 0 Å². The van der Waals surface area contributed by atoms with E-state index in [0.29, 0.717) is 18.7 Å². The second kappa shape index (κ2) is 6.70. The molecule has 4 nitrogen and oxygen atoms in total. The van der Waals surface area contributed by atoms with Gasteiger partial charge in [0.05, 0.1) is 6.61 Å². The molecule has 2 rings (SSSR count). The van der Waals surface area contributed by atoms with Crippen LogP contribution in [0.1, 0.15) is 22.3 Å². The zero-order chi connectivity index (χ0) is 14.4. The molecule has 1 aromatic heterocycles. The Morgan fingerprint density at radius 3 is 2.60 bits per heavy atom. The average Bonchev–Trinajstić information content (AvgIpc) is 2.47. The topological polar surface area (TPSA) is 48.3 Å². The lowest BCUT2D eigenvalue weighted by molar-refractivity contribution is 0.112. The van der Waals surface area contributed by atoms with Gasteiger partial charge in [-0.2, -0.15) is 0 Å². The van der Waals surface area contributed by atoms with Crippen molar-refractivity contribution in [3.63, 3.8) is 0 Å². The maximum Gasteiger partial charge on any atom is 0.250 e. The average molecular weight is 271 g/mol. The molecule has 0 spiro atoms. The van der Waals surface area contributed by atoms with Crippen molar-refractivity contribution < 1.29 is 9.53 Å². The zero-order valence-corrected chi connectivity index (χ0v) is 11.4. The number of aromatic nitrogens is 1. The van der Waals surface area contributed by atoms with E-state index in [0.717, 1.165) is 24.0 Å². The van der Waals surface area contributed by atoms with Gasteiger partial charge in [-0.05, 0) is 43.2 Å². The summed E-state index contributed by atoms with van der Waals surface area (Å²) in [7, 11) is 0. The molecule has 0 aliphatic carbocycles. The van der Waals surface area contributed by atoms with Crippen molar-refractivity contribution in [2.75, 3.05) is 6.61 Å². The van der Waals surface area contributed by atoms with Crippen LogP contribution in [-0.2, 0) is 6.54 Å². The lowest BCUT2D eigenvalue weighted by Crippen LogP contribution is -2.19. The van der Waals surface area contributed by atoms with Crippen LogP contribution in [0.2, 0.25) is 0 Å². The molecular formula is C16H17NO3. The normalized spacial score (nSPS) is 10.2. The standard InChI is InChI=1S/C16H17NO3/c1-13-3-8-16(19)17(11-13)9-2-10-20-15-6-4-14(12-18)5-7-15/h3-8,11-12H,2,9-10H2,1H3. The molecule has 0 amide bonds. The fourth-order valence-electron chi connectivity index (χ4n) is 1.89. The Morgan fingerprint density at radius 2 is 1.90 bits per heavy atom. The van der Waals surface area contributed by atoms with Crippen LogP contribution in [0.3, 0.4) is 0 Å². The predicted molar refractivity (Wildman–Crippen MR) is 77.4 cm³/mol. The van der Waals surface area contributed by atoms with Gasteiger partial charge in [0.25, 0.3) is 5.56 Å². The monoisotopic (exact) mass is 271 g/mol. The van der Waals surface area contributed by atoms with Crippen LogP contribution >= 0.6 is 0 Å². The van der Waals surface area contributed by atoms with Crippen molar-refractivity contribution in [2.24, 2.45) is 0 Å². The quantitative estimate of drug-likeness (QED) is 0.599. The molecule has 0 N–H and O–H groups in total. The molecule has 0 radical (unpaired) electrons. The number of benzene rings is 1. The predicted octanol–water partition coefficient (Wildman–Crippen LogP) is 2.44. The Bertz CT molecular complexity index is 629. The van der Waals surface area contributed by atoms with Crippen LogP contribution in [-0.4, -0.2) is 17.5 Å². The van der Waals surface area contributed by atoms with Gasteiger partial charge in [-0.25, -0.2) is 0 Å². The van der Waals surface area contributed by atoms with Crippen molar-refractivity contribution in [3.8, 4) is 5.75 Å². The van der Waals surface area contributed by atoms with E-state index in [-0.39, 0.29) is 5.56 Å². The first-order chi connectivity index (χ1) is 9.69. The molecule has 1 aromatic carbocycles. The highest BCUT2D eigenvalue weighted by Gasteiger charge is 1.98. The maximum atomic E-state index is 11.6. The van der Waals surface area contributed by atoms with Gasteiger partial charge in [0.2, 0.25) is 0 Å². The lowest BCUT2D eigenvalue weighted by atomic mass is 10.2. The van der Waals surface area contributed by atoms with Crippen LogP contribution in [0, 0.1) is 6.92 Å². The molecule has 1 heterocycles. The van der Waals surface area contributed by atoms with Gasteiger partial charge in [-0.1, -0.05) is 6.07 Å². The summed E-state index contributed by atoms with van der Waals surface area (Å²) < 4.78 is 7.25. The summed E-state index contributed by atoms with van der Waals surface area (Å²) in [6, 6.07) is 10.4. The van der Waals surface area contributed by atoms with Gasteiger partial charge >= 0.3 is 0 Å². The third-order valence-corrected chi connectivity index (χ3v) is 2.96. The highest BCUT2D eigenvalue weighted by atomic mass is 16.5. The highest BCUT2D eigenvalue weighted by molar-refractivity contribution is 5.74. The van der Waals surface area contributed by atoms with E-state index in [1.165, 1.54) is 0 Å². The van der Waals surface area contributed by atoms with Crippen molar-refractivity contribution in [1.29, 1.82) is 0 Å². The lowest BCUT2D eigenvalue weighted by Gasteiger charge is -2.08. The Kier molecular flexibility index (Phi) is 4.71. The number of carbonyl (C=O) groups excluding carboxylic acids is 1. The minimum atomic E-state index is 0.00550. The molecule has 20 heavy (non-hydrogen) atoms. The molecule has 0 aliphatic heterocycles. The Hall–Kier alpha value is -2.36. The SMILES string of the molecule is Cc1ccc(=O)n(CCCOc2ccc(C=O)cc2)c1. The highest BCUT2D eigenvalue weighted by Crippen LogP contribution is 2.11. The van der Waals surface area contributed by atoms with Crippen LogP contribution < -0.4 is 10.3 Å². The number of aryl methyl sites for hydroxylation is 2. The van der Waals surface area contributed by atoms with Crippen LogP contribution in [0.15, 0.2) is 47.4 Å². The van der Waals surface area contributed by atoms with Crippen molar-refractivity contribution in [3.05, 3.63) is 64.1 Å². The summed E-state index contributed by atoms with van der Waals surface area (Å²) in [5.74, 6) is 0.729. The van der Waals surface area contributed by atoms with Gasteiger partial charge in [0.1, 0.15) is 12.0 Å². The van der Waals surface area contributed by atoms with E-state index < -0.39 is 0 Å². The zero-order valence-electron chi connectivity index (χ0n) is 11.4. The Morgan fingerprint density at radius 1 is 1.15 bits per heavy atom. The number of hydrogen-bond acceptors (Lipinski definition) is 3. The number of pyridine rings is 1. The van der Waals surface area contributed by atoms with E-state index in [9.17, 15) is 9.59 Å². The summed E-state index contributed by atoms with van der Waals surface area (Å²) in [6.07, 6.45) is 3.40. The van der Waals surface area contributed by atoms with Crippen molar-refractivity contribution >= 4 is 6.29 Å². The van der Waals surface area contributed by atoms with Crippen molar-refractivity contribution in [1.82, 2.24) is 4.57 Å². The first-order valence-electron chi connectivity index (χ1n) is 6.54. The van der Waals surface area contributed by atoms with Crippen LogP contribution in [0.5, 0.6) is 5.75 Å². The summed E-state index contributed by atoms with van der Waals surface area (Å²) >= 11 is 0. The van der Waals surface area contributed by atoms with Gasteiger partial charge in [0, 0.05) is 24.4 Å². The number of ether oxygens (including phenoxy) is 1. The molecule has 0 saturated heterocycles. The third-order valence-electron chi connectivity index (χ3n) is 2.96. The fraction of sp³-hybridized carbons (Fsp3) is 0.250. The van der Waals surface area contributed by atoms with E-state index >= 15 is 0 Å². The van der Waals surface area contributed by atoms with E-state index in [2.05, 4.69) is 0 Å². The van der Waals surface area contributed by atoms with Gasteiger partial charge < -0.3 is 9.30 Å². The van der Waals surface area contributed by atoms with E-state index in [4.69, 9.17) is 4.74 Å². The fourth-order valence-corrected chi connectivity index (χ4v) is 1.89. The summed E-state index contributed by atoms with van der Waals surface area (Å²) in [5, 5.41) is 0. The molecule has 104 valence electrons. The molecular weight excluding hydrogens is 254 g/mol. The molecule has 0 saturated carbocycles.